The number of hydrogen-bond acceptors (Lipinski definition) is 3. The Morgan fingerprint density at radius 1 is 1.25 bits per heavy atom. The van der Waals surface area contributed by atoms with Crippen molar-refractivity contribution in [1.82, 2.24) is 9.47 Å². The fraction of sp³-hybridized carbons (Fsp3) is 0.421. The van der Waals surface area contributed by atoms with Gasteiger partial charge in [-0.15, -0.1) is 0 Å². The summed E-state index contributed by atoms with van der Waals surface area (Å²) >= 11 is 0. The zero-order valence-electron chi connectivity index (χ0n) is 13.8. The molecule has 5 heteroatoms. The highest BCUT2D eigenvalue weighted by Gasteiger charge is 2.53. The number of aromatic nitrogens is 1. The summed E-state index contributed by atoms with van der Waals surface area (Å²) in [7, 11) is 1.85. The van der Waals surface area contributed by atoms with Crippen LogP contribution in [-0.2, 0) is 11.8 Å². The number of aryl methyl sites for hydroxylation is 1. The van der Waals surface area contributed by atoms with Gasteiger partial charge in [0.15, 0.2) is 0 Å². The first-order valence-electron chi connectivity index (χ1n) is 8.37. The van der Waals surface area contributed by atoms with Crippen LogP contribution >= 0.6 is 0 Å². The second-order valence-electron chi connectivity index (χ2n) is 6.89. The molecule has 0 aliphatic carbocycles. The molecule has 2 aromatic rings. The average Bonchev–Trinajstić information content (AvgIpc) is 3.29. The molecule has 0 unspecified atom stereocenters. The lowest BCUT2D eigenvalue weighted by Gasteiger charge is -2.26. The Kier molecular flexibility index (Phi) is 3.70. The Labute approximate surface area is 141 Å². The van der Waals surface area contributed by atoms with E-state index in [4.69, 9.17) is 4.74 Å². The Hall–Kier alpha value is -2.11. The molecule has 1 aromatic carbocycles. The molecule has 0 bridgehead atoms. The van der Waals surface area contributed by atoms with Crippen molar-refractivity contribution in [3.8, 4) is 0 Å². The van der Waals surface area contributed by atoms with Gasteiger partial charge in [0.25, 0.3) is 5.91 Å². The molecule has 3 atom stereocenters. The minimum absolute atomic E-state index is 0.0508. The molecule has 2 fully saturated rings. The van der Waals surface area contributed by atoms with Crippen LogP contribution in [-0.4, -0.2) is 51.9 Å². The third-order valence-corrected chi connectivity index (χ3v) is 5.34. The molecule has 1 N–H and O–H groups in total. The van der Waals surface area contributed by atoms with Crippen LogP contribution in [0.15, 0.2) is 48.7 Å². The lowest BCUT2D eigenvalue weighted by atomic mass is 9.87. The van der Waals surface area contributed by atoms with Crippen LogP contribution in [0.4, 0.5) is 0 Å². The van der Waals surface area contributed by atoms with Crippen LogP contribution < -0.4 is 0 Å². The van der Waals surface area contributed by atoms with Crippen molar-refractivity contribution in [3.63, 3.8) is 0 Å². The molecule has 126 valence electrons. The first-order valence-corrected chi connectivity index (χ1v) is 8.37. The Balaban J connectivity index is 1.51. The van der Waals surface area contributed by atoms with Crippen molar-refractivity contribution in [1.29, 1.82) is 0 Å². The zero-order chi connectivity index (χ0) is 16.7. The maximum absolute atomic E-state index is 12.7. The maximum Gasteiger partial charge on any atom is 0.270 e. The van der Waals surface area contributed by atoms with E-state index < -0.39 is 11.7 Å². The van der Waals surface area contributed by atoms with Crippen LogP contribution in [0, 0.1) is 0 Å². The molecule has 1 amide bonds. The summed E-state index contributed by atoms with van der Waals surface area (Å²) in [5.74, 6) is 0.219. The third-order valence-electron chi connectivity index (χ3n) is 5.34. The third kappa shape index (κ3) is 2.44. The van der Waals surface area contributed by atoms with Crippen molar-refractivity contribution in [2.45, 2.75) is 24.0 Å². The predicted octanol–water partition coefficient (Wildman–Crippen LogP) is 1.78. The van der Waals surface area contributed by atoms with Crippen molar-refractivity contribution in [2.24, 2.45) is 7.05 Å². The van der Waals surface area contributed by atoms with E-state index in [1.807, 2.05) is 48.1 Å². The van der Waals surface area contributed by atoms with E-state index in [2.05, 4.69) is 12.1 Å². The number of rotatable bonds is 2. The van der Waals surface area contributed by atoms with E-state index in [1.54, 1.807) is 4.90 Å². The van der Waals surface area contributed by atoms with E-state index in [9.17, 15) is 9.90 Å². The summed E-state index contributed by atoms with van der Waals surface area (Å²) in [6.45, 7) is 1.36. The van der Waals surface area contributed by atoms with Crippen LogP contribution in [0.2, 0.25) is 0 Å². The van der Waals surface area contributed by atoms with Crippen LogP contribution in [0.5, 0.6) is 0 Å². The number of β-amino-alcohol motifs (C(OH)–C–C–N with tert-alkyl or cyclic N) is 1. The second-order valence-corrected chi connectivity index (χ2v) is 6.89. The summed E-state index contributed by atoms with van der Waals surface area (Å²) in [4.78, 5) is 14.4. The van der Waals surface area contributed by atoms with Gasteiger partial charge in [-0.3, -0.25) is 4.79 Å². The van der Waals surface area contributed by atoms with Crippen LogP contribution in [0.25, 0.3) is 0 Å². The van der Waals surface area contributed by atoms with Crippen molar-refractivity contribution < 1.29 is 14.6 Å². The topological polar surface area (TPSA) is 54.7 Å². The van der Waals surface area contributed by atoms with Gasteiger partial charge in [-0.25, -0.2) is 0 Å². The average molecular weight is 326 g/mol. The number of ether oxygens (including phenoxy) is 1. The molecule has 24 heavy (non-hydrogen) atoms. The van der Waals surface area contributed by atoms with Gasteiger partial charge < -0.3 is 19.3 Å². The number of benzene rings is 1. The van der Waals surface area contributed by atoms with Crippen LogP contribution in [0.3, 0.4) is 0 Å². The predicted molar refractivity (Wildman–Crippen MR) is 89.8 cm³/mol. The molecule has 2 aliphatic heterocycles. The van der Waals surface area contributed by atoms with Crippen molar-refractivity contribution in [3.05, 3.63) is 59.9 Å². The van der Waals surface area contributed by atoms with E-state index in [-0.39, 0.29) is 11.8 Å². The summed E-state index contributed by atoms with van der Waals surface area (Å²) in [5, 5.41) is 10.6. The molecule has 1 aromatic heterocycles. The largest absolute Gasteiger partial charge is 0.388 e. The normalized spacial score (nSPS) is 29.5. The first kappa shape index (κ1) is 15.4. The number of likely N-dealkylation sites (tertiary alicyclic amines) is 1. The van der Waals surface area contributed by atoms with E-state index in [0.717, 1.165) is 6.42 Å². The molecule has 0 saturated carbocycles. The fourth-order valence-electron chi connectivity index (χ4n) is 3.95. The Morgan fingerprint density at radius 3 is 2.75 bits per heavy atom. The van der Waals surface area contributed by atoms with Gasteiger partial charge in [0.05, 0.1) is 13.2 Å². The minimum Gasteiger partial charge on any atom is -0.388 e. The second kappa shape index (κ2) is 5.76. The van der Waals surface area contributed by atoms with Gasteiger partial charge in [0.2, 0.25) is 0 Å². The van der Waals surface area contributed by atoms with Crippen molar-refractivity contribution in [2.75, 3.05) is 19.7 Å². The van der Waals surface area contributed by atoms with Gasteiger partial charge in [0, 0.05) is 25.7 Å². The molecular weight excluding hydrogens is 304 g/mol. The monoisotopic (exact) mass is 326 g/mol. The Bertz CT molecular complexity index is 742. The number of aliphatic hydroxyl groups excluding tert-OH is 1. The van der Waals surface area contributed by atoms with E-state index in [1.165, 1.54) is 5.56 Å². The van der Waals surface area contributed by atoms with Gasteiger partial charge in [-0.05, 0) is 24.1 Å². The number of carbonyl (C=O) groups excluding carboxylic acids is 1. The minimum atomic E-state index is -0.643. The molecule has 4 rings (SSSR count). The SMILES string of the molecule is Cn1cccc1C(=O)N1C[C@@H](O)[C@@]2(C[C@@H](c3ccccc3)CO2)C1. The van der Waals surface area contributed by atoms with Gasteiger partial charge >= 0.3 is 0 Å². The standard InChI is InChI=1S/C19H22N2O3/c1-20-9-5-8-16(20)18(23)21-11-17(22)19(13-21)10-15(12-24-19)14-6-3-2-4-7-14/h2-9,15,17,22H,10-13H2,1H3/t15-,17-,19-/m1/s1. The number of hydrogen-bond donors (Lipinski definition) is 1. The Morgan fingerprint density at radius 2 is 2.04 bits per heavy atom. The lowest BCUT2D eigenvalue weighted by molar-refractivity contribution is -0.0591. The summed E-state index contributed by atoms with van der Waals surface area (Å²) in [6, 6.07) is 13.9. The quantitative estimate of drug-likeness (QED) is 0.915. The smallest absolute Gasteiger partial charge is 0.270 e. The fourth-order valence-corrected chi connectivity index (χ4v) is 3.95. The van der Waals surface area contributed by atoms with Gasteiger partial charge in [0.1, 0.15) is 17.4 Å². The van der Waals surface area contributed by atoms with E-state index in [0.29, 0.717) is 25.4 Å². The summed E-state index contributed by atoms with van der Waals surface area (Å²) < 4.78 is 7.87. The molecule has 2 saturated heterocycles. The zero-order valence-corrected chi connectivity index (χ0v) is 13.8. The van der Waals surface area contributed by atoms with E-state index >= 15 is 0 Å². The summed E-state index contributed by atoms with van der Waals surface area (Å²) in [6.07, 6.45) is 1.96. The van der Waals surface area contributed by atoms with Crippen molar-refractivity contribution >= 4 is 5.91 Å². The number of carbonyl (C=O) groups is 1. The highest BCUT2D eigenvalue weighted by molar-refractivity contribution is 5.93. The molecule has 0 radical (unpaired) electrons. The molecule has 3 heterocycles. The first-order chi connectivity index (χ1) is 11.6. The maximum atomic E-state index is 12.7. The van der Waals surface area contributed by atoms with Crippen LogP contribution in [0.1, 0.15) is 28.4 Å². The molecular formula is C19H22N2O3. The molecule has 1 spiro atoms. The number of nitrogens with zero attached hydrogens (tertiary/aromatic N) is 2. The molecule has 5 nitrogen and oxygen atoms in total. The highest BCUT2D eigenvalue weighted by Crippen LogP contribution is 2.42. The lowest BCUT2D eigenvalue weighted by Crippen LogP contribution is -2.41. The number of aliphatic hydroxyl groups is 1. The van der Waals surface area contributed by atoms with Gasteiger partial charge in [-0.1, -0.05) is 30.3 Å². The van der Waals surface area contributed by atoms with Gasteiger partial charge in [-0.2, -0.15) is 0 Å². The highest BCUT2D eigenvalue weighted by atomic mass is 16.5. The number of amides is 1. The molecule has 2 aliphatic rings. The summed E-state index contributed by atoms with van der Waals surface area (Å²) in [5.41, 5.74) is 1.23.